The first-order valence-electron chi connectivity index (χ1n) is 8.20. The standard InChI is InChI=1S/C18H19N3P6/c22-16-15(26-23)17(27(24)25)21-14(12-9-5-2-6-10-12)13(19-18(21)20-16)11-7-3-1-4-8-11/h1-10,26H,22-25H2. The third-order valence-corrected chi connectivity index (χ3v) is 9.20. The molecule has 0 bridgehead atoms. The van der Waals surface area contributed by atoms with Gasteiger partial charge in [-0.25, -0.2) is 9.97 Å². The maximum absolute atomic E-state index is 4.97. The summed E-state index contributed by atoms with van der Waals surface area (Å²) in [4.78, 5) is 9.79. The van der Waals surface area contributed by atoms with Crippen LogP contribution in [0, 0.1) is 0 Å². The first kappa shape index (κ1) is 19.9. The van der Waals surface area contributed by atoms with Crippen molar-refractivity contribution < 1.29 is 0 Å². The largest absolute Gasteiger partial charge is 0.275 e. The summed E-state index contributed by atoms with van der Waals surface area (Å²) in [6.45, 7) is 0. The highest BCUT2D eigenvalue weighted by atomic mass is 32.4. The number of hydrogen-bond acceptors (Lipinski definition) is 2. The van der Waals surface area contributed by atoms with E-state index in [1.807, 2.05) is 12.1 Å². The molecule has 5 atom stereocenters. The first-order valence-corrected chi connectivity index (χ1v) is 16.2. The van der Waals surface area contributed by atoms with Crippen molar-refractivity contribution in [3.8, 4) is 22.5 Å². The lowest BCUT2D eigenvalue weighted by atomic mass is 10.1. The zero-order valence-corrected chi connectivity index (χ0v) is 20.9. The Balaban J connectivity index is 2.18. The van der Waals surface area contributed by atoms with Crippen LogP contribution in [0.2, 0.25) is 0 Å². The average Bonchev–Trinajstić information content (AvgIpc) is 3.06. The molecule has 4 aromatic rings. The van der Waals surface area contributed by atoms with E-state index in [0.29, 0.717) is 8.27 Å². The average molecular weight is 463 g/mol. The van der Waals surface area contributed by atoms with Gasteiger partial charge in [0.15, 0.2) is 0 Å². The molecule has 0 saturated carbocycles. The van der Waals surface area contributed by atoms with Gasteiger partial charge in [-0.2, -0.15) is 0 Å². The third kappa shape index (κ3) is 3.77. The molecule has 5 unspecified atom stereocenters. The van der Waals surface area contributed by atoms with E-state index >= 15 is 0 Å². The quantitative estimate of drug-likeness (QED) is 0.422. The van der Waals surface area contributed by atoms with E-state index in [2.05, 4.69) is 89.0 Å². The Morgan fingerprint density at radius 1 is 0.852 bits per heavy atom. The molecule has 0 fully saturated rings. The van der Waals surface area contributed by atoms with E-state index in [9.17, 15) is 0 Å². The lowest BCUT2D eigenvalue weighted by Crippen LogP contribution is -2.34. The molecule has 0 aliphatic rings. The van der Waals surface area contributed by atoms with E-state index in [1.54, 1.807) is 0 Å². The van der Waals surface area contributed by atoms with Crippen molar-refractivity contribution >= 4 is 73.5 Å². The molecular formula is C18H19N3P6. The predicted octanol–water partition coefficient (Wildman–Crippen LogP) is 4.35. The summed E-state index contributed by atoms with van der Waals surface area (Å²) in [5.74, 6) is 0.747. The molecule has 2 heterocycles. The van der Waals surface area contributed by atoms with Gasteiger partial charge in [0, 0.05) is 16.4 Å². The molecule has 27 heavy (non-hydrogen) atoms. The van der Waals surface area contributed by atoms with Crippen LogP contribution in [0.4, 0.5) is 0 Å². The van der Waals surface area contributed by atoms with Gasteiger partial charge in [-0.15, -0.1) is 26.8 Å². The number of imidazole rings is 1. The van der Waals surface area contributed by atoms with Crippen LogP contribution < -0.4 is 16.2 Å². The van der Waals surface area contributed by atoms with Crippen LogP contribution in [0.1, 0.15) is 0 Å². The normalized spacial score (nSPS) is 11.9. The summed E-state index contributed by atoms with van der Waals surface area (Å²) in [6, 6.07) is 20.8. The first-order chi connectivity index (χ1) is 13.1. The molecule has 0 aliphatic heterocycles. The molecule has 0 radical (unpaired) electrons. The Labute approximate surface area is 171 Å². The molecule has 0 spiro atoms. The zero-order chi connectivity index (χ0) is 19.0. The lowest BCUT2D eigenvalue weighted by molar-refractivity contribution is 1.18. The van der Waals surface area contributed by atoms with Gasteiger partial charge in [0.25, 0.3) is 0 Å². The zero-order valence-electron chi connectivity index (χ0n) is 14.4. The number of nitrogens with zero attached hydrogens (tertiary/aromatic N) is 3. The summed E-state index contributed by atoms with van der Waals surface area (Å²) >= 11 is 0. The molecule has 2 aromatic heterocycles. The molecular weight excluding hydrogens is 444 g/mol. The van der Waals surface area contributed by atoms with Gasteiger partial charge in [-0.05, 0) is 7.30 Å². The summed E-state index contributed by atoms with van der Waals surface area (Å²) < 4.78 is 2.25. The lowest BCUT2D eigenvalue weighted by Gasteiger charge is -2.18. The van der Waals surface area contributed by atoms with Crippen molar-refractivity contribution in [3.63, 3.8) is 0 Å². The van der Waals surface area contributed by atoms with Crippen molar-refractivity contribution in [2.24, 2.45) is 0 Å². The monoisotopic (exact) mass is 463 g/mol. The minimum Gasteiger partial charge on any atom is -0.275 e. The van der Waals surface area contributed by atoms with E-state index in [4.69, 9.17) is 9.97 Å². The van der Waals surface area contributed by atoms with Gasteiger partial charge >= 0.3 is 0 Å². The molecule has 0 amide bonds. The number of rotatable bonds is 4. The summed E-state index contributed by atoms with van der Waals surface area (Å²) in [6.07, 6.45) is 0. The fraction of sp³-hybridized carbons (Fsp3) is 0. The molecule has 9 heteroatoms. The fourth-order valence-corrected chi connectivity index (χ4v) is 9.52. The maximum Gasteiger partial charge on any atom is 0.236 e. The molecule has 0 saturated heterocycles. The van der Waals surface area contributed by atoms with Gasteiger partial charge < -0.3 is 0 Å². The van der Waals surface area contributed by atoms with Crippen LogP contribution in [0.5, 0.6) is 0 Å². The van der Waals surface area contributed by atoms with Crippen molar-refractivity contribution in [2.45, 2.75) is 0 Å². The fourth-order valence-electron chi connectivity index (χ4n) is 3.12. The van der Waals surface area contributed by atoms with Crippen molar-refractivity contribution in [3.05, 3.63) is 60.7 Å². The Morgan fingerprint density at radius 2 is 1.44 bits per heavy atom. The molecule has 2 aromatic carbocycles. The summed E-state index contributed by atoms with van der Waals surface area (Å²) in [5.41, 5.74) is 6.57. The molecule has 4 rings (SSSR count). The molecule has 0 N–H and O–H groups in total. The molecule has 0 aliphatic carbocycles. The van der Waals surface area contributed by atoms with Crippen LogP contribution in [-0.4, -0.2) is 14.4 Å². The van der Waals surface area contributed by atoms with Gasteiger partial charge in [0.2, 0.25) is 5.78 Å². The minimum absolute atomic E-state index is 0.504. The smallest absolute Gasteiger partial charge is 0.236 e. The second kappa shape index (κ2) is 8.56. The Hall–Kier alpha value is -0.360. The summed E-state index contributed by atoms with van der Waals surface area (Å²) in [5, 5.41) is 1.27. The second-order valence-corrected chi connectivity index (χ2v) is 14.5. The Kier molecular flexibility index (Phi) is 6.32. The third-order valence-electron chi connectivity index (χ3n) is 4.26. The second-order valence-electron chi connectivity index (χ2n) is 5.92. The maximum atomic E-state index is 4.97. The number of aromatic nitrogens is 3. The SMILES string of the molecule is PPc1c(P)nc2nc(-c3ccccc3)c(-c3ccccc3)n2c1P(P)P. The number of fused-ring (bicyclic) bond motifs is 1. The predicted molar refractivity (Wildman–Crippen MR) is 137 cm³/mol. The van der Waals surface area contributed by atoms with Gasteiger partial charge in [-0.1, -0.05) is 78.2 Å². The Bertz CT molecular complexity index is 1100. The van der Waals surface area contributed by atoms with E-state index in [-0.39, 0.29) is 0 Å². The highest BCUT2D eigenvalue weighted by molar-refractivity contribution is 8.46. The van der Waals surface area contributed by atoms with Crippen molar-refractivity contribution in [1.29, 1.82) is 0 Å². The highest BCUT2D eigenvalue weighted by Crippen LogP contribution is 2.52. The van der Waals surface area contributed by atoms with E-state index < -0.39 is 7.30 Å². The topological polar surface area (TPSA) is 30.2 Å². The van der Waals surface area contributed by atoms with E-state index in [0.717, 1.165) is 33.7 Å². The van der Waals surface area contributed by atoms with Crippen LogP contribution in [-0.2, 0) is 0 Å². The van der Waals surface area contributed by atoms with Crippen molar-refractivity contribution in [1.82, 2.24) is 14.4 Å². The van der Waals surface area contributed by atoms with Crippen LogP contribution in [0.25, 0.3) is 28.3 Å². The Morgan fingerprint density at radius 3 is 2.00 bits per heavy atom. The van der Waals surface area contributed by atoms with Crippen LogP contribution in [0.15, 0.2) is 60.7 Å². The highest BCUT2D eigenvalue weighted by Gasteiger charge is 2.23. The van der Waals surface area contributed by atoms with Gasteiger partial charge in [-0.3, -0.25) is 4.40 Å². The van der Waals surface area contributed by atoms with Crippen molar-refractivity contribution in [2.75, 3.05) is 0 Å². The van der Waals surface area contributed by atoms with Gasteiger partial charge in [0.1, 0.15) is 0 Å². The van der Waals surface area contributed by atoms with Crippen LogP contribution >= 0.6 is 51.6 Å². The molecule has 136 valence electrons. The molecule has 3 nitrogen and oxygen atoms in total. The van der Waals surface area contributed by atoms with E-state index in [1.165, 1.54) is 10.7 Å². The number of hydrogen-bond donors (Lipinski definition) is 0. The van der Waals surface area contributed by atoms with Crippen LogP contribution in [0.3, 0.4) is 0 Å². The number of benzene rings is 2. The summed E-state index contributed by atoms with van der Waals surface area (Å²) in [7, 11) is 11.7. The minimum atomic E-state index is -0.504. The van der Waals surface area contributed by atoms with Gasteiger partial charge in [0.05, 0.1) is 22.3 Å².